The van der Waals surface area contributed by atoms with Crippen molar-refractivity contribution in [1.82, 2.24) is 0 Å². The maximum atomic E-state index is 11.2. The number of fused-ring (bicyclic) bond motifs is 1. The van der Waals surface area contributed by atoms with Gasteiger partial charge >= 0.3 is 0 Å². The van der Waals surface area contributed by atoms with E-state index in [1.165, 1.54) is 22.5 Å². The number of thioether (sulfide) groups is 1. The SMILES string of the molecule is CC(=O)CSC1=NN=C(c2cc(N)cc(-c3ccc4ccccc4c3)c2)C1. The molecule has 134 valence electrons. The molecule has 0 radical (unpaired) electrons. The molecule has 3 aromatic carbocycles. The van der Waals surface area contributed by atoms with E-state index in [1.807, 2.05) is 24.3 Å². The van der Waals surface area contributed by atoms with Gasteiger partial charge in [-0.1, -0.05) is 36.4 Å². The first-order valence-electron chi connectivity index (χ1n) is 8.74. The van der Waals surface area contributed by atoms with Crippen LogP contribution in [0.1, 0.15) is 18.9 Å². The van der Waals surface area contributed by atoms with Crippen LogP contribution in [0.15, 0.2) is 70.9 Å². The van der Waals surface area contributed by atoms with Crippen LogP contribution in [0.5, 0.6) is 0 Å². The van der Waals surface area contributed by atoms with Crippen LogP contribution in [0.3, 0.4) is 0 Å². The highest BCUT2D eigenvalue weighted by Gasteiger charge is 2.17. The minimum atomic E-state index is 0.138. The number of carbonyl (C=O) groups excluding carboxylic acids is 1. The summed E-state index contributed by atoms with van der Waals surface area (Å²) in [6, 6.07) is 20.7. The van der Waals surface area contributed by atoms with E-state index in [4.69, 9.17) is 5.73 Å². The van der Waals surface area contributed by atoms with Gasteiger partial charge in [0.1, 0.15) is 10.8 Å². The van der Waals surface area contributed by atoms with Crippen LogP contribution in [0.25, 0.3) is 21.9 Å². The second kappa shape index (κ2) is 7.37. The highest BCUT2D eigenvalue weighted by Crippen LogP contribution is 2.29. The summed E-state index contributed by atoms with van der Waals surface area (Å²) in [5.41, 5.74) is 10.9. The second-order valence-electron chi connectivity index (χ2n) is 6.61. The number of benzene rings is 3. The zero-order valence-corrected chi connectivity index (χ0v) is 15.8. The standard InChI is InChI=1S/C22H19N3OS/c1-14(26)13-27-22-12-21(24-25-22)19-9-18(10-20(23)11-19)17-7-6-15-4-2-3-5-16(15)8-17/h2-11H,12-13,23H2,1H3. The van der Waals surface area contributed by atoms with Crippen molar-refractivity contribution in [3.05, 3.63) is 66.2 Å². The first kappa shape index (κ1) is 17.5. The van der Waals surface area contributed by atoms with Crippen molar-refractivity contribution in [3.63, 3.8) is 0 Å². The number of hydrogen-bond acceptors (Lipinski definition) is 5. The number of anilines is 1. The molecule has 0 aliphatic carbocycles. The van der Waals surface area contributed by atoms with Crippen molar-refractivity contribution < 1.29 is 4.79 Å². The van der Waals surface area contributed by atoms with E-state index in [-0.39, 0.29) is 5.78 Å². The summed E-state index contributed by atoms with van der Waals surface area (Å²) in [5, 5.41) is 11.8. The molecule has 0 spiro atoms. The van der Waals surface area contributed by atoms with Gasteiger partial charge in [0, 0.05) is 17.7 Å². The molecule has 0 atom stereocenters. The molecule has 0 saturated carbocycles. The summed E-state index contributed by atoms with van der Waals surface area (Å²) in [7, 11) is 0. The maximum Gasteiger partial charge on any atom is 0.140 e. The molecule has 0 fully saturated rings. The van der Waals surface area contributed by atoms with Crippen LogP contribution < -0.4 is 5.73 Å². The van der Waals surface area contributed by atoms with E-state index in [2.05, 4.69) is 46.6 Å². The smallest absolute Gasteiger partial charge is 0.140 e. The summed E-state index contributed by atoms with van der Waals surface area (Å²) in [4.78, 5) is 11.2. The maximum absolute atomic E-state index is 11.2. The molecule has 0 aromatic heterocycles. The summed E-state index contributed by atoms with van der Waals surface area (Å²) < 4.78 is 0. The normalized spacial score (nSPS) is 13.5. The highest BCUT2D eigenvalue weighted by atomic mass is 32.2. The fraction of sp³-hybridized carbons (Fsp3) is 0.136. The van der Waals surface area contributed by atoms with Gasteiger partial charge in [-0.05, 0) is 53.1 Å². The molecular weight excluding hydrogens is 354 g/mol. The number of nitrogens with two attached hydrogens (primary N) is 1. The summed E-state index contributed by atoms with van der Waals surface area (Å²) in [6.45, 7) is 1.58. The lowest BCUT2D eigenvalue weighted by atomic mass is 9.97. The Labute approximate surface area is 162 Å². The Hall–Kier alpha value is -2.92. The molecule has 2 N–H and O–H groups in total. The molecule has 5 heteroatoms. The Balaban J connectivity index is 1.61. The van der Waals surface area contributed by atoms with Crippen LogP contribution in [-0.4, -0.2) is 22.3 Å². The topological polar surface area (TPSA) is 67.8 Å². The van der Waals surface area contributed by atoms with Crippen LogP contribution >= 0.6 is 11.8 Å². The number of nitrogen functional groups attached to an aromatic ring is 1. The van der Waals surface area contributed by atoms with Gasteiger partial charge in [-0.15, -0.1) is 16.9 Å². The molecule has 27 heavy (non-hydrogen) atoms. The second-order valence-corrected chi connectivity index (χ2v) is 7.66. The Morgan fingerprint density at radius 2 is 1.74 bits per heavy atom. The Morgan fingerprint density at radius 1 is 0.963 bits per heavy atom. The Morgan fingerprint density at radius 3 is 2.56 bits per heavy atom. The van der Waals surface area contributed by atoms with Gasteiger partial charge in [0.15, 0.2) is 0 Å². The van der Waals surface area contributed by atoms with Gasteiger partial charge in [-0.3, -0.25) is 4.79 Å². The van der Waals surface area contributed by atoms with Gasteiger partial charge < -0.3 is 5.73 Å². The number of hydrogen-bond donors (Lipinski definition) is 1. The molecule has 3 aromatic rings. The van der Waals surface area contributed by atoms with Gasteiger partial charge in [0.25, 0.3) is 0 Å². The minimum Gasteiger partial charge on any atom is -0.399 e. The van der Waals surface area contributed by atoms with Crippen molar-refractivity contribution >= 4 is 44.8 Å². The summed E-state index contributed by atoms with van der Waals surface area (Å²) in [6.07, 6.45) is 0.637. The average molecular weight is 373 g/mol. The van der Waals surface area contributed by atoms with E-state index in [9.17, 15) is 4.79 Å². The van der Waals surface area contributed by atoms with Crippen molar-refractivity contribution in [2.75, 3.05) is 11.5 Å². The monoisotopic (exact) mass is 373 g/mol. The summed E-state index contributed by atoms with van der Waals surface area (Å²) in [5.74, 6) is 0.569. The molecule has 1 heterocycles. The molecule has 4 rings (SSSR count). The molecule has 0 unspecified atom stereocenters. The van der Waals surface area contributed by atoms with Crippen molar-refractivity contribution in [3.8, 4) is 11.1 Å². The lowest BCUT2D eigenvalue weighted by Gasteiger charge is -2.09. The van der Waals surface area contributed by atoms with Gasteiger partial charge in [-0.2, -0.15) is 5.10 Å². The molecular formula is C22H19N3OS. The largest absolute Gasteiger partial charge is 0.399 e. The van der Waals surface area contributed by atoms with Crippen LogP contribution in [0.2, 0.25) is 0 Å². The third-order valence-electron chi connectivity index (χ3n) is 4.41. The van der Waals surface area contributed by atoms with Crippen molar-refractivity contribution in [2.45, 2.75) is 13.3 Å². The van der Waals surface area contributed by atoms with E-state index < -0.39 is 0 Å². The third-order valence-corrected chi connectivity index (χ3v) is 5.52. The van der Waals surface area contributed by atoms with Crippen LogP contribution in [0, 0.1) is 0 Å². The predicted molar refractivity (Wildman–Crippen MR) is 116 cm³/mol. The number of Topliss-reactive ketones (excluding diaryl/α,β-unsaturated/α-hetero) is 1. The van der Waals surface area contributed by atoms with E-state index in [0.717, 1.165) is 27.4 Å². The van der Waals surface area contributed by atoms with E-state index in [1.54, 1.807) is 6.92 Å². The quantitative estimate of drug-likeness (QED) is 0.660. The van der Waals surface area contributed by atoms with Crippen molar-refractivity contribution in [1.29, 1.82) is 0 Å². The van der Waals surface area contributed by atoms with Crippen molar-refractivity contribution in [2.24, 2.45) is 10.2 Å². The van der Waals surface area contributed by atoms with Gasteiger partial charge in [0.05, 0.1) is 11.5 Å². The van der Waals surface area contributed by atoms with E-state index >= 15 is 0 Å². The predicted octanol–water partition coefficient (Wildman–Crippen LogP) is 4.92. The molecule has 0 bridgehead atoms. The lowest BCUT2D eigenvalue weighted by molar-refractivity contribution is -0.114. The number of nitrogens with zero attached hydrogens (tertiary/aromatic N) is 2. The minimum absolute atomic E-state index is 0.138. The number of rotatable bonds is 4. The molecule has 0 amide bonds. The third kappa shape index (κ3) is 3.93. The highest BCUT2D eigenvalue weighted by molar-refractivity contribution is 8.14. The van der Waals surface area contributed by atoms with Gasteiger partial charge in [0.2, 0.25) is 0 Å². The fourth-order valence-electron chi connectivity index (χ4n) is 3.11. The first-order chi connectivity index (χ1) is 13.1. The number of carbonyl (C=O) groups is 1. The molecule has 4 nitrogen and oxygen atoms in total. The first-order valence-corrected chi connectivity index (χ1v) is 9.73. The van der Waals surface area contributed by atoms with Gasteiger partial charge in [-0.25, -0.2) is 0 Å². The molecule has 1 aliphatic rings. The average Bonchev–Trinajstić information content (AvgIpc) is 3.15. The van der Waals surface area contributed by atoms with E-state index in [0.29, 0.717) is 17.9 Å². The zero-order chi connectivity index (χ0) is 18.8. The van der Waals surface area contributed by atoms with Crippen LogP contribution in [-0.2, 0) is 4.79 Å². The molecule has 0 saturated heterocycles. The lowest BCUT2D eigenvalue weighted by Crippen LogP contribution is -2.05. The Kier molecular flexibility index (Phi) is 4.77. The van der Waals surface area contributed by atoms with Crippen LogP contribution in [0.4, 0.5) is 5.69 Å². The number of ketones is 1. The Bertz CT molecular complexity index is 1100. The zero-order valence-electron chi connectivity index (χ0n) is 15.0. The molecule has 1 aliphatic heterocycles. The summed E-state index contributed by atoms with van der Waals surface area (Å²) >= 11 is 1.45. The fourth-order valence-corrected chi connectivity index (χ4v) is 3.82.